The highest BCUT2D eigenvalue weighted by Crippen LogP contribution is 2.73. The zero-order valence-electron chi connectivity index (χ0n) is 16.2. The maximum Gasteiger partial charge on any atom is -0.0179 e. The number of hydrogen-bond donors (Lipinski definition) is 0. The van der Waals surface area contributed by atoms with Gasteiger partial charge in [-0.25, -0.2) is 0 Å². The van der Waals surface area contributed by atoms with Crippen LogP contribution in [-0.4, -0.2) is 0 Å². The van der Waals surface area contributed by atoms with E-state index in [4.69, 9.17) is 0 Å². The average molecular weight is 317 g/mol. The lowest BCUT2D eigenvalue weighted by molar-refractivity contribution is -0.0798. The smallest absolute Gasteiger partial charge is 0.0179 e. The predicted molar refractivity (Wildman–Crippen MR) is 99.2 cm³/mol. The van der Waals surface area contributed by atoms with Crippen LogP contribution in [0.2, 0.25) is 0 Å². The number of hydrogen-bond acceptors (Lipinski definition) is 0. The first-order valence-corrected chi connectivity index (χ1v) is 11.2. The van der Waals surface area contributed by atoms with Gasteiger partial charge in [0.25, 0.3) is 0 Å². The molecule has 0 radical (unpaired) electrons. The van der Waals surface area contributed by atoms with Crippen molar-refractivity contribution in [2.75, 3.05) is 0 Å². The molecular weight excluding hydrogens is 276 g/mol. The second kappa shape index (κ2) is 6.06. The standard InChI is InChI=1S/C23H40/c1-5-8-18-19-9-7-10-21(19)23(20(18)6-2)16(4)12-13-17-15(3)11-14-22(17)23/h15-22H,5-14H2,1-4H3. The summed E-state index contributed by atoms with van der Waals surface area (Å²) in [5.41, 5.74) is 0.753. The summed E-state index contributed by atoms with van der Waals surface area (Å²) in [5, 5.41) is 0. The predicted octanol–water partition coefficient (Wildman–Crippen LogP) is 6.94. The van der Waals surface area contributed by atoms with Crippen molar-refractivity contribution < 1.29 is 0 Å². The highest BCUT2D eigenvalue weighted by atomic mass is 14.7. The van der Waals surface area contributed by atoms with E-state index in [0.717, 1.165) is 52.8 Å². The third-order valence-electron chi connectivity index (χ3n) is 9.59. The normalized spacial score (nSPS) is 55.3. The highest BCUT2D eigenvalue weighted by Gasteiger charge is 2.67. The summed E-state index contributed by atoms with van der Waals surface area (Å²) in [7, 11) is 0. The fourth-order valence-electron chi connectivity index (χ4n) is 9.18. The van der Waals surface area contributed by atoms with Crippen LogP contribution >= 0.6 is 0 Å². The molecule has 0 aromatic rings. The van der Waals surface area contributed by atoms with E-state index >= 15 is 0 Å². The van der Waals surface area contributed by atoms with Gasteiger partial charge in [-0.15, -0.1) is 0 Å². The van der Waals surface area contributed by atoms with Crippen LogP contribution in [0.5, 0.6) is 0 Å². The molecule has 0 aromatic carbocycles. The molecule has 0 bridgehead atoms. The summed E-state index contributed by atoms with van der Waals surface area (Å²) in [4.78, 5) is 0. The maximum absolute atomic E-state index is 2.69. The van der Waals surface area contributed by atoms with Gasteiger partial charge in [-0.1, -0.05) is 59.8 Å². The molecule has 23 heavy (non-hydrogen) atoms. The lowest BCUT2D eigenvalue weighted by Crippen LogP contribution is -2.50. The Bertz CT molecular complexity index is 426. The third kappa shape index (κ3) is 2.08. The molecule has 0 N–H and O–H groups in total. The molecule has 132 valence electrons. The SMILES string of the molecule is CCCC1C2CCCC2C2(C(C)CCC3C(C)CCC32)C1CC. The van der Waals surface area contributed by atoms with Gasteiger partial charge in [0.05, 0.1) is 0 Å². The van der Waals surface area contributed by atoms with E-state index in [1.165, 1.54) is 25.7 Å². The first-order valence-electron chi connectivity index (χ1n) is 11.2. The van der Waals surface area contributed by atoms with Crippen molar-refractivity contribution in [3.8, 4) is 0 Å². The highest BCUT2D eigenvalue weighted by molar-refractivity contribution is 5.15. The monoisotopic (exact) mass is 316 g/mol. The fraction of sp³-hybridized carbons (Fsp3) is 1.00. The van der Waals surface area contributed by atoms with Crippen LogP contribution in [0.3, 0.4) is 0 Å². The topological polar surface area (TPSA) is 0 Å². The van der Waals surface area contributed by atoms with Gasteiger partial charge in [0.2, 0.25) is 0 Å². The Morgan fingerprint density at radius 2 is 1.61 bits per heavy atom. The Balaban J connectivity index is 1.78. The molecule has 4 aliphatic rings. The Morgan fingerprint density at radius 3 is 2.35 bits per heavy atom. The lowest BCUT2D eigenvalue weighted by atomic mass is 9.49. The van der Waals surface area contributed by atoms with Crippen molar-refractivity contribution in [2.45, 2.75) is 91.9 Å². The van der Waals surface area contributed by atoms with E-state index in [1.807, 2.05) is 0 Å². The second-order valence-corrected chi connectivity index (χ2v) is 9.97. The summed E-state index contributed by atoms with van der Waals surface area (Å²) in [6.07, 6.45) is 15.3. The lowest BCUT2D eigenvalue weighted by Gasteiger charge is -2.56. The van der Waals surface area contributed by atoms with E-state index in [1.54, 1.807) is 38.5 Å². The van der Waals surface area contributed by atoms with Crippen molar-refractivity contribution >= 4 is 0 Å². The van der Waals surface area contributed by atoms with E-state index in [9.17, 15) is 0 Å². The Kier molecular flexibility index (Phi) is 4.34. The number of fused-ring (bicyclic) bond motifs is 4. The first kappa shape index (κ1) is 16.5. The second-order valence-electron chi connectivity index (χ2n) is 9.97. The van der Waals surface area contributed by atoms with Crippen LogP contribution < -0.4 is 0 Å². The van der Waals surface area contributed by atoms with Crippen molar-refractivity contribution in [1.29, 1.82) is 0 Å². The Labute approximate surface area is 145 Å². The minimum Gasteiger partial charge on any atom is -0.0654 e. The minimum absolute atomic E-state index is 0.753. The van der Waals surface area contributed by atoms with Gasteiger partial charge in [0.1, 0.15) is 0 Å². The van der Waals surface area contributed by atoms with Gasteiger partial charge in [-0.3, -0.25) is 0 Å². The van der Waals surface area contributed by atoms with E-state index in [2.05, 4.69) is 27.7 Å². The molecule has 0 aromatic heterocycles. The first-order chi connectivity index (χ1) is 11.2. The van der Waals surface area contributed by atoms with E-state index < -0.39 is 0 Å². The zero-order valence-corrected chi connectivity index (χ0v) is 16.2. The van der Waals surface area contributed by atoms with Gasteiger partial charge in [-0.2, -0.15) is 0 Å². The van der Waals surface area contributed by atoms with Crippen LogP contribution in [0.1, 0.15) is 91.9 Å². The molecule has 0 saturated heterocycles. The van der Waals surface area contributed by atoms with Gasteiger partial charge < -0.3 is 0 Å². The minimum atomic E-state index is 0.753. The molecule has 9 unspecified atom stereocenters. The largest absolute Gasteiger partial charge is 0.0654 e. The molecule has 0 heteroatoms. The van der Waals surface area contributed by atoms with Crippen molar-refractivity contribution in [1.82, 2.24) is 0 Å². The van der Waals surface area contributed by atoms with Crippen LogP contribution in [0.25, 0.3) is 0 Å². The van der Waals surface area contributed by atoms with Crippen LogP contribution in [0, 0.1) is 52.8 Å². The molecule has 4 aliphatic carbocycles. The molecule has 0 nitrogen and oxygen atoms in total. The molecule has 4 saturated carbocycles. The van der Waals surface area contributed by atoms with Crippen molar-refractivity contribution in [3.63, 3.8) is 0 Å². The van der Waals surface area contributed by atoms with Crippen LogP contribution in [-0.2, 0) is 0 Å². The zero-order chi connectivity index (χ0) is 16.2. The molecule has 0 heterocycles. The average Bonchev–Trinajstić information content (AvgIpc) is 3.21. The van der Waals surface area contributed by atoms with Crippen molar-refractivity contribution in [2.24, 2.45) is 52.8 Å². The summed E-state index contributed by atoms with van der Waals surface area (Å²) in [5.74, 6) is 8.56. The quantitative estimate of drug-likeness (QED) is 0.529. The molecule has 9 atom stereocenters. The van der Waals surface area contributed by atoms with Gasteiger partial charge in [-0.05, 0) is 84.9 Å². The molecule has 0 amide bonds. The summed E-state index contributed by atoms with van der Waals surface area (Å²) >= 11 is 0. The molecule has 0 aliphatic heterocycles. The van der Waals surface area contributed by atoms with Gasteiger partial charge in [0, 0.05) is 0 Å². The van der Waals surface area contributed by atoms with E-state index in [-0.39, 0.29) is 0 Å². The third-order valence-corrected chi connectivity index (χ3v) is 9.59. The molecule has 4 rings (SSSR count). The number of rotatable bonds is 3. The van der Waals surface area contributed by atoms with Crippen molar-refractivity contribution in [3.05, 3.63) is 0 Å². The summed E-state index contributed by atoms with van der Waals surface area (Å²) in [6, 6.07) is 0. The summed E-state index contributed by atoms with van der Waals surface area (Å²) in [6.45, 7) is 10.3. The van der Waals surface area contributed by atoms with Gasteiger partial charge >= 0.3 is 0 Å². The Morgan fingerprint density at radius 1 is 0.826 bits per heavy atom. The molecular formula is C23H40. The summed E-state index contributed by atoms with van der Waals surface area (Å²) < 4.78 is 0. The van der Waals surface area contributed by atoms with Crippen LogP contribution in [0.4, 0.5) is 0 Å². The van der Waals surface area contributed by atoms with E-state index in [0.29, 0.717) is 0 Å². The Hall–Kier alpha value is 0. The van der Waals surface area contributed by atoms with Gasteiger partial charge in [0.15, 0.2) is 0 Å². The maximum atomic E-state index is 2.69. The molecule has 1 spiro atoms. The van der Waals surface area contributed by atoms with Crippen LogP contribution in [0.15, 0.2) is 0 Å². The molecule has 4 fully saturated rings. The fourth-order valence-corrected chi connectivity index (χ4v) is 9.18.